The highest BCUT2D eigenvalue weighted by Gasteiger charge is 2.17. The molecule has 0 radical (unpaired) electrons. The maximum atomic E-state index is 14.2. The third-order valence-electron chi connectivity index (χ3n) is 4.59. The summed E-state index contributed by atoms with van der Waals surface area (Å²) in [6.45, 7) is 2.12. The van der Waals surface area contributed by atoms with Crippen LogP contribution in [0.5, 0.6) is 0 Å². The molecule has 1 unspecified atom stereocenters. The summed E-state index contributed by atoms with van der Waals surface area (Å²) in [6.07, 6.45) is 3.78. The molecule has 154 valence electrons. The molecular formula is C22H25FN2O3S. The van der Waals surface area contributed by atoms with Crippen molar-refractivity contribution in [3.63, 3.8) is 0 Å². The minimum atomic E-state index is -1.11. The van der Waals surface area contributed by atoms with E-state index in [0.29, 0.717) is 10.5 Å². The fourth-order valence-corrected chi connectivity index (χ4v) is 3.88. The van der Waals surface area contributed by atoms with Gasteiger partial charge in [-0.1, -0.05) is 12.1 Å². The summed E-state index contributed by atoms with van der Waals surface area (Å²) in [6, 6.07) is 12.8. The number of aliphatic hydroxyl groups excluding tert-OH is 1. The third-order valence-corrected chi connectivity index (χ3v) is 5.50. The second-order valence-corrected chi connectivity index (χ2v) is 7.69. The maximum absolute atomic E-state index is 14.2. The Kier molecular flexibility index (Phi) is 8.01. The molecule has 2 aromatic carbocycles. The average molecular weight is 417 g/mol. The van der Waals surface area contributed by atoms with Crippen molar-refractivity contribution in [1.82, 2.24) is 4.57 Å². The smallest absolute Gasteiger partial charge is 0.150 e. The Bertz CT molecular complexity index is 1070. The highest BCUT2D eigenvalue weighted by atomic mass is 32.2. The minimum absolute atomic E-state index is 0.0688. The number of benzene rings is 2. The molecule has 0 saturated heterocycles. The van der Waals surface area contributed by atoms with E-state index in [2.05, 4.69) is 0 Å². The van der Waals surface area contributed by atoms with E-state index >= 15 is 0 Å². The fraction of sp³-hybridized carbons (Fsp3) is 0.227. The third kappa shape index (κ3) is 4.87. The zero-order valence-corrected chi connectivity index (χ0v) is 17.5. The second-order valence-electron chi connectivity index (χ2n) is 6.31. The largest absolute Gasteiger partial charge is 0.400 e. The minimum Gasteiger partial charge on any atom is -0.400 e. The van der Waals surface area contributed by atoms with Gasteiger partial charge in [0.15, 0.2) is 0 Å². The van der Waals surface area contributed by atoms with E-state index in [4.69, 9.17) is 10.8 Å². The Labute approximate surface area is 172 Å². The molecule has 0 aliphatic carbocycles. The Hall–Kier alpha value is -2.61. The number of aromatic nitrogens is 1. The number of nitrogens with two attached hydrogens (primary N) is 1. The van der Waals surface area contributed by atoms with Crippen LogP contribution in [0.3, 0.4) is 0 Å². The van der Waals surface area contributed by atoms with E-state index in [1.807, 2.05) is 41.8 Å². The number of aldehydes is 1. The first-order valence-corrected chi connectivity index (χ1v) is 10.5. The number of rotatable bonds is 6. The van der Waals surface area contributed by atoms with E-state index in [9.17, 15) is 13.4 Å². The highest BCUT2D eigenvalue weighted by Crippen LogP contribution is 2.36. The van der Waals surface area contributed by atoms with Gasteiger partial charge in [-0.2, -0.15) is 0 Å². The van der Waals surface area contributed by atoms with Crippen LogP contribution in [0.15, 0.2) is 59.3 Å². The van der Waals surface area contributed by atoms with Gasteiger partial charge in [0.05, 0.1) is 6.54 Å². The Morgan fingerprint density at radius 3 is 2.59 bits per heavy atom. The molecule has 7 heteroatoms. The van der Waals surface area contributed by atoms with Crippen molar-refractivity contribution in [3.8, 4) is 11.1 Å². The lowest BCUT2D eigenvalue weighted by molar-refractivity contribution is 0.112. The molecule has 0 spiro atoms. The van der Waals surface area contributed by atoms with Crippen molar-refractivity contribution in [3.05, 3.63) is 65.6 Å². The second kappa shape index (κ2) is 10.2. The lowest BCUT2D eigenvalue weighted by Gasteiger charge is -2.08. The summed E-state index contributed by atoms with van der Waals surface area (Å²) in [7, 11) is -0.110. The van der Waals surface area contributed by atoms with Crippen LogP contribution in [0.2, 0.25) is 0 Å². The van der Waals surface area contributed by atoms with Crippen molar-refractivity contribution < 1.29 is 18.5 Å². The van der Waals surface area contributed by atoms with Gasteiger partial charge in [0.25, 0.3) is 0 Å². The number of carbonyl (C=O) groups excluding carboxylic acids is 1. The molecule has 0 aliphatic heterocycles. The molecule has 3 rings (SSSR count). The van der Waals surface area contributed by atoms with E-state index in [1.165, 1.54) is 6.08 Å². The van der Waals surface area contributed by atoms with E-state index in [-0.39, 0.29) is 18.9 Å². The van der Waals surface area contributed by atoms with Crippen LogP contribution in [0.1, 0.15) is 16.1 Å². The number of nitrogens with zero attached hydrogens (tertiary/aromatic N) is 1. The Morgan fingerprint density at radius 2 is 1.97 bits per heavy atom. The van der Waals surface area contributed by atoms with Gasteiger partial charge in [0.1, 0.15) is 12.1 Å². The summed E-state index contributed by atoms with van der Waals surface area (Å²) in [5, 5.41) is 7.86. The van der Waals surface area contributed by atoms with Crippen LogP contribution in [0.4, 0.5) is 4.39 Å². The quantitative estimate of drug-likeness (QED) is 0.602. The van der Waals surface area contributed by atoms with Gasteiger partial charge in [-0.05, 0) is 48.9 Å². The molecule has 3 N–H and O–H groups in total. The fourth-order valence-electron chi connectivity index (χ4n) is 3.32. The number of hydrogen-bond acceptors (Lipinski definition) is 4. The summed E-state index contributed by atoms with van der Waals surface area (Å²) >= 11 is 0. The molecule has 0 aliphatic rings. The highest BCUT2D eigenvalue weighted by molar-refractivity contribution is 7.84. The van der Waals surface area contributed by atoms with Gasteiger partial charge in [-0.25, -0.2) is 4.39 Å². The molecular weight excluding hydrogens is 391 g/mol. The zero-order chi connectivity index (χ0) is 21.6. The number of aliphatic hydroxyl groups is 1. The van der Waals surface area contributed by atoms with Gasteiger partial charge in [-0.15, -0.1) is 0 Å². The molecule has 5 nitrogen and oxygen atoms in total. The van der Waals surface area contributed by atoms with Crippen molar-refractivity contribution >= 4 is 28.0 Å². The molecule has 0 fully saturated rings. The first-order valence-electron chi connectivity index (χ1n) is 8.97. The topological polar surface area (TPSA) is 85.3 Å². The van der Waals surface area contributed by atoms with Crippen molar-refractivity contribution in [2.24, 2.45) is 5.73 Å². The Morgan fingerprint density at radius 1 is 1.24 bits per heavy atom. The zero-order valence-electron chi connectivity index (χ0n) is 16.7. The van der Waals surface area contributed by atoms with Crippen LogP contribution >= 0.6 is 0 Å². The first-order chi connectivity index (χ1) is 14.0. The summed E-state index contributed by atoms with van der Waals surface area (Å²) in [5.41, 5.74) is 9.46. The standard InChI is InChI=1S/C21H21FN2O2S.CH4O/c1-14-21(16-4-3-5-18(11-16)27(2)26)19-10-15(13-25)6-7-20(19)24(14)12-17(22)8-9-23;1-2/h3-8,10-11,13H,9,12,23H2,1-2H3;2H,1H3/b17-8-;. The molecule has 1 atom stereocenters. The molecule has 1 heterocycles. The average Bonchev–Trinajstić information content (AvgIpc) is 3.00. The van der Waals surface area contributed by atoms with Crippen LogP contribution < -0.4 is 5.73 Å². The molecule has 1 aromatic heterocycles. The molecule has 0 amide bonds. The molecule has 0 bridgehead atoms. The van der Waals surface area contributed by atoms with Crippen molar-refractivity contribution in [2.75, 3.05) is 19.9 Å². The molecule has 3 aromatic rings. The lowest BCUT2D eigenvalue weighted by atomic mass is 10.0. The van der Waals surface area contributed by atoms with E-state index in [1.54, 1.807) is 18.4 Å². The normalized spacial score (nSPS) is 12.4. The van der Waals surface area contributed by atoms with Gasteiger partial charge in [-0.3, -0.25) is 9.00 Å². The summed E-state index contributed by atoms with van der Waals surface area (Å²) in [4.78, 5) is 12.0. The summed E-state index contributed by atoms with van der Waals surface area (Å²) in [5.74, 6) is -0.313. The van der Waals surface area contributed by atoms with E-state index < -0.39 is 10.8 Å². The van der Waals surface area contributed by atoms with Crippen molar-refractivity contribution in [1.29, 1.82) is 0 Å². The Balaban J connectivity index is 0.00000145. The molecule has 29 heavy (non-hydrogen) atoms. The van der Waals surface area contributed by atoms with Crippen LogP contribution in [0, 0.1) is 6.92 Å². The number of fused-ring (bicyclic) bond motifs is 1. The SMILES string of the molecule is CO.Cc1c(-c2cccc(S(C)=O)c2)c2cc(C=O)ccc2n1C/C(F)=C/CN. The van der Waals surface area contributed by atoms with Gasteiger partial charge >= 0.3 is 0 Å². The number of allylic oxidation sites excluding steroid dienone is 1. The van der Waals surface area contributed by atoms with Crippen molar-refractivity contribution in [2.45, 2.75) is 18.4 Å². The summed E-state index contributed by atoms with van der Waals surface area (Å²) < 4.78 is 28.0. The first kappa shape index (κ1) is 22.7. The number of halogens is 1. The predicted molar refractivity (Wildman–Crippen MR) is 116 cm³/mol. The van der Waals surface area contributed by atoms with Gasteiger partial charge in [0, 0.05) is 63.3 Å². The predicted octanol–water partition coefficient (Wildman–Crippen LogP) is 3.59. The lowest BCUT2D eigenvalue weighted by Crippen LogP contribution is -2.03. The van der Waals surface area contributed by atoms with Crippen LogP contribution in [-0.2, 0) is 17.3 Å². The number of carbonyl (C=O) groups is 1. The van der Waals surface area contributed by atoms with Gasteiger partial charge < -0.3 is 15.4 Å². The molecule has 0 saturated carbocycles. The number of hydrogen-bond donors (Lipinski definition) is 2. The van der Waals surface area contributed by atoms with Crippen LogP contribution in [0.25, 0.3) is 22.0 Å². The monoisotopic (exact) mass is 416 g/mol. The van der Waals surface area contributed by atoms with E-state index in [0.717, 1.165) is 41.1 Å². The van der Waals surface area contributed by atoms with Gasteiger partial charge in [0.2, 0.25) is 0 Å². The maximum Gasteiger partial charge on any atom is 0.150 e. The van der Waals surface area contributed by atoms with Crippen LogP contribution in [-0.4, -0.2) is 40.1 Å².